The van der Waals surface area contributed by atoms with Gasteiger partial charge in [0.2, 0.25) is 0 Å². The molecular weight excluding hydrogens is 350 g/mol. The normalized spacial score (nSPS) is 18.6. The Labute approximate surface area is 170 Å². The number of likely N-dealkylation sites (tertiary alicyclic amines) is 1. The minimum Gasteiger partial charge on any atom is -0.497 e. The van der Waals surface area contributed by atoms with Gasteiger partial charge in [0.15, 0.2) is 5.96 Å². The molecule has 1 aromatic carbocycles. The molecule has 6 heteroatoms. The fourth-order valence-corrected chi connectivity index (χ4v) is 4.05. The van der Waals surface area contributed by atoms with Gasteiger partial charge in [-0.15, -0.1) is 0 Å². The maximum absolute atomic E-state index is 5.36. The van der Waals surface area contributed by atoms with Gasteiger partial charge < -0.3 is 24.8 Å². The number of unbranched alkanes of at least 4 members (excludes halogenated alkanes) is 1. The molecule has 0 radical (unpaired) electrons. The van der Waals surface area contributed by atoms with Crippen molar-refractivity contribution in [3.8, 4) is 5.75 Å². The molecule has 0 unspecified atom stereocenters. The van der Waals surface area contributed by atoms with Gasteiger partial charge in [-0.2, -0.15) is 0 Å². The van der Waals surface area contributed by atoms with E-state index in [0.29, 0.717) is 0 Å². The van der Waals surface area contributed by atoms with E-state index in [-0.39, 0.29) is 0 Å². The van der Waals surface area contributed by atoms with Gasteiger partial charge in [-0.05, 0) is 64.4 Å². The fraction of sp³-hybridized carbons (Fsp3) is 0.682. The van der Waals surface area contributed by atoms with Crippen LogP contribution in [0.2, 0.25) is 0 Å². The summed E-state index contributed by atoms with van der Waals surface area (Å²) in [5, 5.41) is 3.48. The molecule has 156 valence electrons. The van der Waals surface area contributed by atoms with Crippen LogP contribution in [0.5, 0.6) is 5.75 Å². The first-order valence-corrected chi connectivity index (χ1v) is 10.9. The molecule has 1 N–H and O–H groups in total. The zero-order chi connectivity index (χ0) is 19.6. The van der Waals surface area contributed by atoms with Gasteiger partial charge in [-0.25, -0.2) is 0 Å². The first-order valence-electron chi connectivity index (χ1n) is 10.9. The number of guanidine groups is 1. The van der Waals surface area contributed by atoms with Gasteiger partial charge >= 0.3 is 0 Å². The van der Waals surface area contributed by atoms with Gasteiger partial charge in [0.25, 0.3) is 0 Å². The summed E-state index contributed by atoms with van der Waals surface area (Å²) in [6, 6.07) is 8.35. The number of hydrogen-bond donors (Lipinski definition) is 1. The van der Waals surface area contributed by atoms with Crippen molar-refractivity contribution in [2.24, 2.45) is 4.99 Å². The molecule has 0 amide bonds. The van der Waals surface area contributed by atoms with Crippen molar-refractivity contribution >= 4 is 11.6 Å². The second-order valence-corrected chi connectivity index (χ2v) is 7.67. The Morgan fingerprint density at radius 1 is 1.07 bits per heavy atom. The summed E-state index contributed by atoms with van der Waals surface area (Å²) in [7, 11) is 1.72. The summed E-state index contributed by atoms with van der Waals surface area (Å²) >= 11 is 0. The summed E-state index contributed by atoms with van der Waals surface area (Å²) in [5.74, 6) is 2.00. The minimum atomic E-state index is 0.919. The van der Waals surface area contributed by atoms with E-state index < -0.39 is 0 Å². The van der Waals surface area contributed by atoms with Crippen molar-refractivity contribution in [1.29, 1.82) is 0 Å². The van der Waals surface area contributed by atoms with Crippen molar-refractivity contribution < 1.29 is 4.74 Å². The number of methoxy groups -OCH3 is 1. The average molecular weight is 388 g/mol. The molecule has 0 aliphatic carbocycles. The molecule has 2 fully saturated rings. The second-order valence-electron chi connectivity index (χ2n) is 7.67. The quantitative estimate of drug-likeness (QED) is 0.422. The highest BCUT2D eigenvalue weighted by molar-refractivity contribution is 5.80. The van der Waals surface area contributed by atoms with Gasteiger partial charge in [0.05, 0.1) is 7.11 Å². The highest BCUT2D eigenvalue weighted by Gasteiger charge is 2.20. The van der Waals surface area contributed by atoms with Crippen molar-refractivity contribution in [2.75, 3.05) is 70.9 Å². The molecule has 0 spiro atoms. The fourth-order valence-electron chi connectivity index (χ4n) is 4.05. The predicted octanol–water partition coefficient (Wildman–Crippen LogP) is 2.66. The summed E-state index contributed by atoms with van der Waals surface area (Å²) in [5.41, 5.74) is 1.24. The second kappa shape index (κ2) is 11.1. The SMILES string of the molecule is CCNC(=NCCCCN1CCCC1)N1CCN(c2cccc(OC)c2)CC1. The molecule has 2 saturated heterocycles. The Hall–Kier alpha value is -1.95. The summed E-state index contributed by atoms with van der Waals surface area (Å²) in [6.45, 7) is 11.8. The number of nitrogens with zero attached hydrogens (tertiary/aromatic N) is 4. The molecule has 6 nitrogen and oxygen atoms in total. The van der Waals surface area contributed by atoms with Crippen molar-refractivity contribution in [3.63, 3.8) is 0 Å². The van der Waals surface area contributed by atoms with Gasteiger partial charge in [0.1, 0.15) is 5.75 Å². The van der Waals surface area contributed by atoms with Crippen molar-refractivity contribution in [2.45, 2.75) is 32.6 Å². The lowest BCUT2D eigenvalue weighted by molar-refractivity contribution is 0.330. The van der Waals surface area contributed by atoms with Crippen LogP contribution in [0.1, 0.15) is 32.6 Å². The van der Waals surface area contributed by atoms with E-state index in [1.807, 2.05) is 6.07 Å². The topological polar surface area (TPSA) is 43.3 Å². The molecular formula is C22H37N5O. The third kappa shape index (κ3) is 6.03. The van der Waals surface area contributed by atoms with Crippen LogP contribution in [-0.4, -0.2) is 81.8 Å². The maximum atomic E-state index is 5.36. The smallest absolute Gasteiger partial charge is 0.194 e. The molecule has 28 heavy (non-hydrogen) atoms. The summed E-state index contributed by atoms with van der Waals surface area (Å²) < 4.78 is 5.36. The van der Waals surface area contributed by atoms with Crippen LogP contribution in [0, 0.1) is 0 Å². The number of aliphatic imine (C=N–C) groups is 1. The first-order chi connectivity index (χ1) is 13.8. The molecule has 2 heterocycles. The van der Waals surface area contributed by atoms with Crippen LogP contribution in [-0.2, 0) is 0 Å². The van der Waals surface area contributed by atoms with E-state index in [0.717, 1.165) is 51.0 Å². The summed E-state index contributed by atoms with van der Waals surface area (Å²) in [4.78, 5) is 12.3. The van der Waals surface area contributed by atoms with E-state index in [2.05, 4.69) is 45.1 Å². The highest BCUT2D eigenvalue weighted by Crippen LogP contribution is 2.22. The zero-order valence-electron chi connectivity index (χ0n) is 17.7. The van der Waals surface area contributed by atoms with Crippen LogP contribution in [0.25, 0.3) is 0 Å². The predicted molar refractivity (Wildman–Crippen MR) is 118 cm³/mol. The maximum Gasteiger partial charge on any atom is 0.194 e. The largest absolute Gasteiger partial charge is 0.497 e. The Balaban J connectivity index is 1.45. The number of rotatable bonds is 8. The van der Waals surface area contributed by atoms with E-state index >= 15 is 0 Å². The molecule has 0 saturated carbocycles. The molecule has 0 atom stereocenters. The van der Waals surface area contributed by atoms with E-state index in [9.17, 15) is 0 Å². The Morgan fingerprint density at radius 3 is 2.57 bits per heavy atom. The van der Waals surface area contributed by atoms with E-state index in [1.54, 1.807) is 7.11 Å². The number of anilines is 1. The standard InChI is InChI=1S/C22H37N5O/c1-3-23-22(24-11-4-5-12-25-13-6-7-14-25)27-17-15-26(16-18-27)20-9-8-10-21(19-20)28-2/h8-10,19H,3-7,11-18H2,1-2H3,(H,23,24). The first kappa shape index (κ1) is 20.8. The Morgan fingerprint density at radius 2 is 1.86 bits per heavy atom. The number of nitrogens with one attached hydrogen (secondary N) is 1. The number of hydrogen-bond acceptors (Lipinski definition) is 4. The third-order valence-corrected chi connectivity index (χ3v) is 5.68. The molecule has 0 aromatic heterocycles. The highest BCUT2D eigenvalue weighted by atomic mass is 16.5. The van der Waals surface area contributed by atoms with E-state index in [1.165, 1.54) is 51.0 Å². The minimum absolute atomic E-state index is 0.919. The van der Waals surface area contributed by atoms with Crippen LogP contribution < -0.4 is 15.0 Å². The lowest BCUT2D eigenvalue weighted by atomic mass is 10.2. The molecule has 2 aliphatic heterocycles. The Bertz CT molecular complexity index is 607. The third-order valence-electron chi connectivity index (χ3n) is 5.68. The number of ether oxygens (including phenoxy) is 1. The average Bonchev–Trinajstić information content (AvgIpc) is 3.26. The lowest BCUT2D eigenvalue weighted by Crippen LogP contribution is -2.52. The monoisotopic (exact) mass is 387 g/mol. The molecule has 1 aromatic rings. The molecule has 2 aliphatic rings. The van der Waals surface area contributed by atoms with Crippen LogP contribution in [0.15, 0.2) is 29.3 Å². The number of piperazine rings is 1. The summed E-state index contributed by atoms with van der Waals surface area (Å²) in [6.07, 6.45) is 5.19. The number of benzene rings is 1. The Kier molecular flexibility index (Phi) is 8.27. The van der Waals surface area contributed by atoms with Crippen LogP contribution in [0.3, 0.4) is 0 Å². The van der Waals surface area contributed by atoms with E-state index in [4.69, 9.17) is 9.73 Å². The van der Waals surface area contributed by atoms with Crippen molar-refractivity contribution in [1.82, 2.24) is 15.1 Å². The van der Waals surface area contributed by atoms with Gasteiger partial charge in [-0.3, -0.25) is 4.99 Å². The zero-order valence-corrected chi connectivity index (χ0v) is 17.7. The molecule has 0 bridgehead atoms. The lowest BCUT2D eigenvalue weighted by Gasteiger charge is -2.37. The van der Waals surface area contributed by atoms with Gasteiger partial charge in [-0.1, -0.05) is 6.07 Å². The van der Waals surface area contributed by atoms with Gasteiger partial charge in [0, 0.05) is 51.0 Å². The van der Waals surface area contributed by atoms with Crippen LogP contribution in [0.4, 0.5) is 5.69 Å². The van der Waals surface area contributed by atoms with Crippen LogP contribution >= 0.6 is 0 Å². The van der Waals surface area contributed by atoms with Crippen molar-refractivity contribution in [3.05, 3.63) is 24.3 Å². The molecule has 3 rings (SSSR count).